The van der Waals surface area contributed by atoms with Crippen molar-refractivity contribution < 1.29 is 24.2 Å². The van der Waals surface area contributed by atoms with E-state index in [9.17, 15) is 14.7 Å². The SMILES string of the molecule is C=C(C)CC1N(c2ccccc2OC)C(=O)[C@@H]2[C@H](C(=O)O)[C@H]3C=C[C@@]12O3. The Morgan fingerprint density at radius 2 is 2.15 bits per heavy atom. The largest absolute Gasteiger partial charge is 0.495 e. The molecule has 5 atom stereocenters. The van der Waals surface area contributed by atoms with Crippen LogP contribution in [-0.2, 0) is 14.3 Å². The lowest BCUT2D eigenvalue weighted by Gasteiger charge is -2.34. The van der Waals surface area contributed by atoms with Crippen molar-refractivity contribution in [2.24, 2.45) is 11.8 Å². The molecule has 1 spiro atoms. The second-order valence-corrected chi connectivity index (χ2v) is 7.19. The molecule has 6 nitrogen and oxygen atoms in total. The number of nitrogens with zero attached hydrogens (tertiary/aromatic N) is 1. The Balaban J connectivity index is 1.87. The smallest absolute Gasteiger partial charge is 0.310 e. The molecule has 4 rings (SSSR count). The molecule has 0 saturated carbocycles. The number of fused-ring (bicyclic) bond motifs is 1. The average Bonchev–Trinajstić information content (AvgIpc) is 3.24. The summed E-state index contributed by atoms with van der Waals surface area (Å²) < 4.78 is 11.6. The van der Waals surface area contributed by atoms with E-state index in [0.29, 0.717) is 17.9 Å². The van der Waals surface area contributed by atoms with E-state index in [2.05, 4.69) is 6.58 Å². The summed E-state index contributed by atoms with van der Waals surface area (Å²) in [5.74, 6) is -2.30. The summed E-state index contributed by atoms with van der Waals surface area (Å²) >= 11 is 0. The summed E-state index contributed by atoms with van der Waals surface area (Å²) in [4.78, 5) is 26.9. The predicted octanol–water partition coefficient (Wildman–Crippen LogP) is 2.40. The van der Waals surface area contributed by atoms with Gasteiger partial charge in [-0.1, -0.05) is 29.9 Å². The van der Waals surface area contributed by atoms with E-state index in [0.717, 1.165) is 5.57 Å². The lowest BCUT2D eigenvalue weighted by atomic mass is 9.74. The molecule has 1 aromatic rings. The molecule has 3 heterocycles. The Morgan fingerprint density at radius 1 is 1.42 bits per heavy atom. The van der Waals surface area contributed by atoms with Gasteiger partial charge in [-0.3, -0.25) is 9.59 Å². The molecule has 1 unspecified atom stereocenters. The first-order valence-corrected chi connectivity index (χ1v) is 8.61. The van der Waals surface area contributed by atoms with Crippen LogP contribution in [0.1, 0.15) is 13.3 Å². The number of ether oxygens (including phenoxy) is 2. The van der Waals surface area contributed by atoms with Crippen LogP contribution >= 0.6 is 0 Å². The second kappa shape index (κ2) is 5.71. The Labute approximate surface area is 151 Å². The highest BCUT2D eigenvalue weighted by Crippen LogP contribution is 2.57. The fourth-order valence-corrected chi connectivity index (χ4v) is 4.63. The topological polar surface area (TPSA) is 76.1 Å². The number of hydrogen-bond acceptors (Lipinski definition) is 4. The van der Waals surface area contributed by atoms with Crippen LogP contribution in [0.4, 0.5) is 5.69 Å². The summed E-state index contributed by atoms with van der Waals surface area (Å²) in [6.45, 7) is 5.89. The third kappa shape index (κ3) is 2.08. The van der Waals surface area contributed by atoms with Crippen molar-refractivity contribution >= 4 is 17.6 Å². The van der Waals surface area contributed by atoms with E-state index in [1.54, 1.807) is 24.2 Å². The Bertz CT molecular complexity index is 831. The van der Waals surface area contributed by atoms with Gasteiger partial charge in [0, 0.05) is 0 Å². The van der Waals surface area contributed by atoms with Crippen LogP contribution in [0.3, 0.4) is 0 Å². The van der Waals surface area contributed by atoms with Gasteiger partial charge in [0.2, 0.25) is 5.91 Å². The molecule has 6 heteroatoms. The summed E-state index contributed by atoms with van der Waals surface area (Å²) in [5.41, 5.74) is 0.585. The number of methoxy groups -OCH3 is 1. The van der Waals surface area contributed by atoms with Gasteiger partial charge < -0.3 is 19.5 Å². The third-order valence-corrected chi connectivity index (χ3v) is 5.59. The van der Waals surface area contributed by atoms with E-state index in [1.807, 2.05) is 31.2 Å². The standard InChI is InChI=1S/C20H21NO5/c1-11(2)10-15-20-9-8-14(26-20)16(19(23)24)17(20)18(22)21(15)12-6-4-5-7-13(12)25-3/h4-9,14-17H,1,10H2,2-3H3,(H,23,24)/t14-,15?,16-,17+,20-/m1/s1. The molecule has 1 aromatic carbocycles. The maximum absolute atomic E-state index is 13.4. The van der Waals surface area contributed by atoms with Gasteiger partial charge in [-0.05, 0) is 25.5 Å². The maximum Gasteiger partial charge on any atom is 0.310 e. The highest BCUT2D eigenvalue weighted by atomic mass is 16.5. The zero-order valence-electron chi connectivity index (χ0n) is 14.7. The summed E-state index contributed by atoms with van der Waals surface area (Å²) in [6.07, 6.45) is 3.61. The number of amides is 1. The summed E-state index contributed by atoms with van der Waals surface area (Å²) in [5, 5.41) is 9.70. The molecule has 3 aliphatic rings. The van der Waals surface area contributed by atoms with E-state index < -0.39 is 29.5 Å². The van der Waals surface area contributed by atoms with Crippen molar-refractivity contribution in [3.8, 4) is 5.75 Å². The highest BCUT2D eigenvalue weighted by Gasteiger charge is 2.71. The number of benzene rings is 1. The highest BCUT2D eigenvalue weighted by molar-refractivity contribution is 6.04. The van der Waals surface area contributed by atoms with Gasteiger partial charge in [0.1, 0.15) is 17.3 Å². The van der Waals surface area contributed by atoms with Crippen molar-refractivity contribution in [2.75, 3.05) is 12.0 Å². The minimum absolute atomic E-state index is 0.236. The van der Waals surface area contributed by atoms with Gasteiger partial charge in [-0.15, -0.1) is 6.58 Å². The van der Waals surface area contributed by atoms with Crippen LogP contribution in [0.15, 0.2) is 48.6 Å². The fourth-order valence-electron chi connectivity index (χ4n) is 4.63. The molecule has 2 fully saturated rings. The molecule has 0 aliphatic carbocycles. The number of aliphatic carboxylic acids is 1. The number of para-hydroxylation sites is 2. The Hall–Kier alpha value is -2.60. The lowest BCUT2D eigenvalue weighted by molar-refractivity contribution is -0.146. The molecular weight excluding hydrogens is 334 g/mol. The molecule has 136 valence electrons. The number of carbonyl (C=O) groups is 2. The van der Waals surface area contributed by atoms with Crippen molar-refractivity contribution in [3.63, 3.8) is 0 Å². The zero-order chi connectivity index (χ0) is 18.6. The molecule has 2 saturated heterocycles. The summed E-state index contributed by atoms with van der Waals surface area (Å²) in [6, 6.07) is 6.90. The van der Waals surface area contributed by atoms with Crippen LogP contribution in [-0.4, -0.2) is 41.8 Å². The maximum atomic E-state index is 13.4. The van der Waals surface area contributed by atoms with Crippen LogP contribution in [0, 0.1) is 11.8 Å². The van der Waals surface area contributed by atoms with Crippen LogP contribution < -0.4 is 9.64 Å². The van der Waals surface area contributed by atoms with Gasteiger partial charge in [-0.25, -0.2) is 0 Å². The normalized spacial score (nSPS) is 34.2. The van der Waals surface area contributed by atoms with Crippen molar-refractivity contribution in [2.45, 2.75) is 31.1 Å². The third-order valence-electron chi connectivity index (χ3n) is 5.59. The fraction of sp³-hybridized carbons (Fsp3) is 0.400. The minimum atomic E-state index is -1.00. The van der Waals surface area contributed by atoms with Gasteiger partial charge in [0.25, 0.3) is 0 Å². The first-order valence-electron chi connectivity index (χ1n) is 8.61. The summed E-state index contributed by atoms with van der Waals surface area (Å²) in [7, 11) is 1.55. The van der Waals surface area contributed by atoms with Gasteiger partial charge in [-0.2, -0.15) is 0 Å². The van der Waals surface area contributed by atoms with E-state index >= 15 is 0 Å². The number of carboxylic acids is 1. The Morgan fingerprint density at radius 3 is 2.81 bits per heavy atom. The molecule has 1 amide bonds. The zero-order valence-corrected chi connectivity index (χ0v) is 14.7. The lowest BCUT2D eigenvalue weighted by Crippen LogP contribution is -2.45. The van der Waals surface area contributed by atoms with Crippen molar-refractivity contribution in [1.29, 1.82) is 0 Å². The predicted molar refractivity (Wildman–Crippen MR) is 95.1 cm³/mol. The van der Waals surface area contributed by atoms with Gasteiger partial charge in [0.15, 0.2) is 0 Å². The molecule has 0 aromatic heterocycles. The molecule has 3 aliphatic heterocycles. The number of hydrogen-bond donors (Lipinski definition) is 1. The van der Waals surface area contributed by atoms with Gasteiger partial charge >= 0.3 is 5.97 Å². The van der Waals surface area contributed by atoms with E-state index in [-0.39, 0.29) is 11.9 Å². The quantitative estimate of drug-likeness (QED) is 0.821. The monoisotopic (exact) mass is 355 g/mol. The van der Waals surface area contributed by atoms with Crippen molar-refractivity contribution in [1.82, 2.24) is 0 Å². The second-order valence-electron chi connectivity index (χ2n) is 7.19. The molecule has 0 radical (unpaired) electrons. The minimum Gasteiger partial charge on any atom is -0.495 e. The number of carbonyl (C=O) groups excluding carboxylic acids is 1. The number of anilines is 1. The first kappa shape index (κ1) is 16.8. The van der Waals surface area contributed by atoms with Gasteiger partial charge in [0.05, 0.1) is 30.9 Å². The number of rotatable bonds is 5. The number of carboxylic acid groups (broad SMARTS) is 1. The molecule has 26 heavy (non-hydrogen) atoms. The average molecular weight is 355 g/mol. The molecular formula is C20H21NO5. The van der Waals surface area contributed by atoms with Crippen LogP contribution in [0.5, 0.6) is 5.75 Å². The van der Waals surface area contributed by atoms with Crippen LogP contribution in [0.25, 0.3) is 0 Å². The molecule has 1 N–H and O–H groups in total. The molecule has 2 bridgehead atoms. The van der Waals surface area contributed by atoms with Crippen molar-refractivity contribution in [3.05, 3.63) is 48.6 Å². The first-order chi connectivity index (χ1) is 12.4. The van der Waals surface area contributed by atoms with E-state index in [1.165, 1.54) is 0 Å². The van der Waals surface area contributed by atoms with E-state index in [4.69, 9.17) is 9.47 Å². The Kier molecular flexibility index (Phi) is 3.70. The van der Waals surface area contributed by atoms with Crippen LogP contribution in [0.2, 0.25) is 0 Å².